The molecule has 1 rings (SSSR count). The van der Waals surface area contributed by atoms with Crippen molar-refractivity contribution in [3.05, 3.63) is 24.0 Å². The number of ether oxygens (including phenoxy) is 1. The van der Waals surface area contributed by atoms with Crippen molar-refractivity contribution < 1.29 is 14.9 Å². The molecule has 5 heteroatoms. The van der Waals surface area contributed by atoms with Crippen LogP contribution in [0.5, 0.6) is 5.75 Å². The lowest BCUT2D eigenvalue weighted by Gasteiger charge is -2.17. The molecule has 1 heterocycles. The van der Waals surface area contributed by atoms with Gasteiger partial charge in [-0.15, -0.1) is 0 Å². The first-order valence-corrected chi connectivity index (χ1v) is 5.72. The molecule has 0 saturated carbocycles. The van der Waals surface area contributed by atoms with Crippen LogP contribution in [0.1, 0.15) is 18.1 Å². The van der Waals surface area contributed by atoms with Crippen LogP contribution in [0.3, 0.4) is 0 Å². The van der Waals surface area contributed by atoms with Crippen LogP contribution in [-0.4, -0.2) is 33.7 Å². The number of rotatable bonds is 5. The van der Waals surface area contributed by atoms with Gasteiger partial charge >= 0.3 is 0 Å². The number of aliphatic hydroxyl groups is 2. The summed E-state index contributed by atoms with van der Waals surface area (Å²) < 4.78 is 4.98. The Kier molecular flexibility index (Phi) is 5.01. The summed E-state index contributed by atoms with van der Waals surface area (Å²) in [6, 6.07) is 1.66. The van der Waals surface area contributed by atoms with Crippen molar-refractivity contribution in [2.45, 2.75) is 18.6 Å². The van der Waals surface area contributed by atoms with Crippen molar-refractivity contribution >= 4 is 15.9 Å². The summed E-state index contributed by atoms with van der Waals surface area (Å²) in [5.41, 5.74) is 0.558. The minimum atomic E-state index is -0.926. The molecule has 1 aromatic rings. The van der Waals surface area contributed by atoms with Gasteiger partial charge in [-0.1, -0.05) is 15.9 Å². The molecule has 4 nitrogen and oxygen atoms in total. The van der Waals surface area contributed by atoms with E-state index < -0.39 is 12.2 Å². The summed E-state index contributed by atoms with van der Waals surface area (Å²) in [4.78, 5) is 3.91. The standard InChI is InChI=1S/C10H14BrNO3/c1-15-8-4-7(5-12-6-8)10(14)9(13)2-3-11/h4-6,9-10,13-14H,2-3H2,1H3. The van der Waals surface area contributed by atoms with E-state index in [9.17, 15) is 10.2 Å². The van der Waals surface area contributed by atoms with Crippen molar-refractivity contribution in [3.63, 3.8) is 0 Å². The van der Waals surface area contributed by atoms with Gasteiger partial charge in [-0.05, 0) is 12.5 Å². The van der Waals surface area contributed by atoms with Gasteiger partial charge in [0, 0.05) is 17.1 Å². The molecule has 0 amide bonds. The summed E-state index contributed by atoms with van der Waals surface area (Å²) in [6.07, 6.45) is 1.83. The fraction of sp³-hybridized carbons (Fsp3) is 0.500. The molecule has 1 aromatic heterocycles. The van der Waals surface area contributed by atoms with Gasteiger partial charge in [0.15, 0.2) is 0 Å². The molecular formula is C10H14BrNO3. The Balaban J connectivity index is 2.76. The number of nitrogens with zero attached hydrogens (tertiary/aromatic N) is 1. The van der Waals surface area contributed by atoms with Gasteiger partial charge in [0.1, 0.15) is 11.9 Å². The predicted molar refractivity (Wildman–Crippen MR) is 60.2 cm³/mol. The molecule has 2 N–H and O–H groups in total. The minimum Gasteiger partial charge on any atom is -0.495 e. The van der Waals surface area contributed by atoms with Crippen molar-refractivity contribution in [2.24, 2.45) is 0 Å². The normalized spacial score (nSPS) is 14.7. The van der Waals surface area contributed by atoms with Crippen LogP contribution in [0.15, 0.2) is 18.5 Å². The third kappa shape index (κ3) is 3.44. The summed E-state index contributed by atoms with van der Waals surface area (Å²) in [6.45, 7) is 0. The Morgan fingerprint density at radius 3 is 2.80 bits per heavy atom. The molecule has 0 aromatic carbocycles. The average molecular weight is 276 g/mol. The van der Waals surface area contributed by atoms with Crippen molar-refractivity contribution in [3.8, 4) is 5.75 Å². The lowest BCUT2D eigenvalue weighted by atomic mass is 10.0. The van der Waals surface area contributed by atoms with Gasteiger partial charge in [-0.25, -0.2) is 0 Å². The highest BCUT2D eigenvalue weighted by Gasteiger charge is 2.18. The van der Waals surface area contributed by atoms with E-state index in [1.54, 1.807) is 12.3 Å². The highest BCUT2D eigenvalue weighted by atomic mass is 79.9. The van der Waals surface area contributed by atoms with Crippen LogP contribution < -0.4 is 4.74 Å². The van der Waals surface area contributed by atoms with E-state index in [0.29, 0.717) is 23.1 Å². The number of aromatic nitrogens is 1. The smallest absolute Gasteiger partial charge is 0.137 e. The molecule has 0 fully saturated rings. The first-order valence-electron chi connectivity index (χ1n) is 4.60. The fourth-order valence-corrected chi connectivity index (χ4v) is 1.67. The fourth-order valence-electron chi connectivity index (χ4n) is 1.20. The van der Waals surface area contributed by atoms with Crippen LogP contribution >= 0.6 is 15.9 Å². The minimum absolute atomic E-state index is 0.485. The van der Waals surface area contributed by atoms with E-state index in [-0.39, 0.29) is 0 Å². The maximum atomic E-state index is 9.77. The molecule has 0 aliphatic heterocycles. The van der Waals surface area contributed by atoms with E-state index in [1.807, 2.05) is 0 Å². The van der Waals surface area contributed by atoms with Gasteiger partial charge in [0.25, 0.3) is 0 Å². The second kappa shape index (κ2) is 6.05. The number of pyridine rings is 1. The van der Waals surface area contributed by atoms with Crippen molar-refractivity contribution in [2.75, 3.05) is 12.4 Å². The van der Waals surface area contributed by atoms with Crippen molar-refractivity contribution in [1.82, 2.24) is 4.98 Å². The van der Waals surface area contributed by atoms with Gasteiger partial charge in [0.05, 0.1) is 19.4 Å². The zero-order valence-electron chi connectivity index (χ0n) is 8.43. The molecule has 0 spiro atoms. The molecule has 2 atom stereocenters. The lowest BCUT2D eigenvalue weighted by molar-refractivity contribution is 0.0170. The third-order valence-electron chi connectivity index (χ3n) is 2.08. The van der Waals surface area contributed by atoms with Gasteiger partial charge in [-0.2, -0.15) is 0 Å². The Morgan fingerprint density at radius 2 is 2.20 bits per heavy atom. The molecule has 2 unspecified atom stereocenters. The number of halogens is 1. The molecule has 0 saturated heterocycles. The Bertz CT molecular complexity index is 308. The summed E-state index contributed by atoms with van der Waals surface area (Å²) in [5.74, 6) is 0.567. The van der Waals surface area contributed by atoms with E-state index in [1.165, 1.54) is 13.3 Å². The number of methoxy groups -OCH3 is 1. The summed E-state index contributed by atoms with van der Waals surface area (Å²) >= 11 is 3.21. The molecule has 0 radical (unpaired) electrons. The molecule has 0 bridgehead atoms. The summed E-state index contributed by atoms with van der Waals surface area (Å²) in [7, 11) is 1.53. The first-order chi connectivity index (χ1) is 7.19. The van der Waals surface area contributed by atoms with E-state index >= 15 is 0 Å². The largest absolute Gasteiger partial charge is 0.495 e. The van der Waals surface area contributed by atoms with Gasteiger partial charge in [0.2, 0.25) is 0 Å². The topological polar surface area (TPSA) is 62.6 Å². The maximum absolute atomic E-state index is 9.77. The SMILES string of the molecule is COc1cncc(C(O)C(O)CCBr)c1. The number of hydrogen-bond donors (Lipinski definition) is 2. The zero-order valence-corrected chi connectivity index (χ0v) is 10.0. The highest BCUT2D eigenvalue weighted by molar-refractivity contribution is 9.09. The zero-order chi connectivity index (χ0) is 11.3. The number of hydrogen-bond acceptors (Lipinski definition) is 4. The van der Waals surface area contributed by atoms with Crippen LogP contribution in [0, 0.1) is 0 Å². The van der Waals surface area contributed by atoms with Crippen molar-refractivity contribution in [1.29, 1.82) is 0 Å². The second-order valence-electron chi connectivity index (χ2n) is 3.15. The second-order valence-corrected chi connectivity index (χ2v) is 3.94. The maximum Gasteiger partial charge on any atom is 0.137 e. The van der Waals surface area contributed by atoms with Gasteiger partial charge < -0.3 is 14.9 Å². The van der Waals surface area contributed by atoms with E-state index in [2.05, 4.69) is 20.9 Å². The quantitative estimate of drug-likeness (QED) is 0.795. The van der Waals surface area contributed by atoms with E-state index in [0.717, 1.165) is 0 Å². The molecule has 0 aliphatic carbocycles. The Morgan fingerprint density at radius 1 is 1.47 bits per heavy atom. The van der Waals surface area contributed by atoms with Crippen LogP contribution in [0.2, 0.25) is 0 Å². The summed E-state index contributed by atoms with van der Waals surface area (Å²) in [5, 5.41) is 20.0. The Labute approximate surface area is 97.0 Å². The average Bonchev–Trinajstić information content (AvgIpc) is 2.28. The highest BCUT2D eigenvalue weighted by Crippen LogP contribution is 2.21. The molecule has 0 aliphatic rings. The predicted octanol–water partition coefficient (Wildman–Crippen LogP) is 1.27. The third-order valence-corrected chi connectivity index (χ3v) is 2.54. The molecule has 84 valence electrons. The monoisotopic (exact) mass is 275 g/mol. The number of aliphatic hydroxyl groups excluding tert-OH is 2. The lowest BCUT2D eigenvalue weighted by Crippen LogP contribution is -2.18. The van der Waals surface area contributed by atoms with E-state index in [4.69, 9.17) is 4.74 Å². The van der Waals surface area contributed by atoms with Crippen LogP contribution in [0.4, 0.5) is 0 Å². The molecular weight excluding hydrogens is 262 g/mol. The van der Waals surface area contributed by atoms with Gasteiger partial charge in [-0.3, -0.25) is 4.98 Å². The van der Waals surface area contributed by atoms with Crippen LogP contribution in [0.25, 0.3) is 0 Å². The Hall–Kier alpha value is -0.650. The first kappa shape index (κ1) is 12.4. The number of alkyl halides is 1. The molecule has 15 heavy (non-hydrogen) atoms. The van der Waals surface area contributed by atoms with Crippen LogP contribution in [-0.2, 0) is 0 Å².